The molecular weight excluding hydrogens is 378 g/mol. The molecule has 0 aromatic heterocycles. The molecule has 0 saturated carbocycles. The van der Waals surface area contributed by atoms with Gasteiger partial charge in [-0.1, -0.05) is 24.8 Å². The van der Waals surface area contributed by atoms with Crippen molar-refractivity contribution in [2.24, 2.45) is 5.41 Å². The number of anilines is 2. The van der Waals surface area contributed by atoms with Crippen LogP contribution < -0.4 is 10.2 Å². The predicted molar refractivity (Wildman–Crippen MR) is 120 cm³/mol. The fourth-order valence-electron chi connectivity index (χ4n) is 3.02. The van der Waals surface area contributed by atoms with Crippen molar-refractivity contribution in [3.05, 3.63) is 66.2 Å². The number of benzene rings is 2. The molecule has 3 rings (SSSR count). The van der Waals surface area contributed by atoms with Gasteiger partial charge in [0.15, 0.2) is 0 Å². The third-order valence-electron chi connectivity index (χ3n) is 4.96. The van der Waals surface area contributed by atoms with Crippen LogP contribution >= 0.6 is 0 Å². The Hall–Kier alpha value is -3.12. The minimum atomic E-state index is -0.513. The van der Waals surface area contributed by atoms with Crippen molar-refractivity contribution in [3.8, 4) is 0 Å². The molecule has 1 N–H and O–H groups in total. The lowest BCUT2D eigenvalue weighted by Crippen LogP contribution is -2.48. The Labute approximate surface area is 178 Å². The summed E-state index contributed by atoms with van der Waals surface area (Å²) in [6.45, 7) is 12.1. The number of nitrogens with one attached hydrogen (secondary N) is 1. The van der Waals surface area contributed by atoms with Crippen LogP contribution in [-0.2, 0) is 9.63 Å². The van der Waals surface area contributed by atoms with Crippen LogP contribution in [0.15, 0.2) is 55.1 Å². The van der Waals surface area contributed by atoms with Crippen molar-refractivity contribution in [1.82, 2.24) is 5.06 Å². The number of piperazine rings is 1. The summed E-state index contributed by atoms with van der Waals surface area (Å²) in [6, 6.07) is 15.1. The van der Waals surface area contributed by atoms with Crippen LogP contribution in [-0.4, -0.2) is 43.1 Å². The van der Waals surface area contributed by atoms with Crippen LogP contribution in [0.3, 0.4) is 0 Å². The lowest BCUT2D eigenvalue weighted by molar-refractivity contribution is -0.201. The highest BCUT2D eigenvalue weighted by atomic mass is 16.7. The van der Waals surface area contributed by atoms with Gasteiger partial charge in [0.1, 0.15) is 0 Å². The Balaban J connectivity index is 1.53. The second kappa shape index (κ2) is 9.13. The number of nitrogens with zero attached hydrogens (tertiary/aromatic N) is 2. The first-order chi connectivity index (χ1) is 14.3. The summed E-state index contributed by atoms with van der Waals surface area (Å²) in [5, 5.41) is 4.63. The SMILES string of the molecule is C=Cc1ccc(NC(=O)c2ccc(N3CCN(OC(=O)C(C)(C)C)CC3)cc2)cc1. The maximum absolute atomic E-state index is 12.5. The summed E-state index contributed by atoms with van der Waals surface area (Å²) in [7, 11) is 0. The molecule has 158 valence electrons. The van der Waals surface area contributed by atoms with Gasteiger partial charge in [-0.05, 0) is 62.7 Å². The molecule has 0 atom stereocenters. The minimum Gasteiger partial charge on any atom is -0.369 e. The van der Waals surface area contributed by atoms with Crippen LogP contribution in [0, 0.1) is 5.41 Å². The van der Waals surface area contributed by atoms with Gasteiger partial charge in [-0.25, -0.2) is 4.79 Å². The number of hydrogen-bond donors (Lipinski definition) is 1. The normalized spacial score (nSPS) is 14.8. The van der Waals surface area contributed by atoms with Gasteiger partial charge in [-0.2, -0.15) is 0 Å². The van der Waals surface area contributed by atoms with Gasteiger partial charge in [0.25, 0.3) is 5.91 Å². The van der Waals surface area contributed by atoms with Gasteiger partial charge >= 0.3 is 5.97 Å². The lowest BCUT2D eigenvalue weighted by atomic mass is 9.98. The van der Waals surface area contributed by atoms with Crippen molar-refractivity contribution < 1.29 is 14.4 Å². The monoisotopic (exact) mass is 407 g/mol. The molecule has 0 bridgehead atoms. The van der Waals surface area contributed by atoms with Crippen molar-refractivity contribution >= 4 is 29.3 Å². The highest BCUT2D eigenvalue weighted by molar-refractivity contribution is 6.04. The van der Waals surface area contributed by atoms with E-state index in [1.54, 1.807) is 11.1 Å². The van der Waals surface area contributed by atoms with Gasteiger partial charge in [0.2, 0.25) is 0 Å². The van der Waals surface area contributed by atoms with E-state index in [2.05, 4.69) is 16.8 Å². The third kappa shape index (κ3) is 5.48. The minimum absolute atomic E-state index is 0.146. The van der Waals surface area contributed by atoms with Gasteiger partial charge in [0, 0.05) is 30.0 Å². The standard InChI is InChI=1S/C24H29N3O3/c1-5-18-6-10-20(11-7-18)25-22(28)19-8-12-21(13-9-19)26-14-16-27(17-15-26)30-23(29)24(2,3)4/h5-13H,1,14-17H2,2-4H3,(H,25,28). The molecule has 1 aliphatic heterocycles. The molecule has 2 aromatic carbocycles. The van der Waals surface area contributed by atoms with E-state index in [4.69, 9.17) is 4.84 Å². The van der Waals surface area contributed by atoms with E-state index in [9.17, 15) is 9.59 Å². The second-order valence-electron chi connectivity index (χ2n) is 8.37. The van der Waals surface area contributed by atoms with Crippen LogP contribution in [0.4, 0.5) is 11.4 Å². The Bertz CT molecular complexity index is 891. The molecule has 1 fully saturated rings. The smallest absolute Gasteiger partial charge is 0.330 e. The van der Waals surface area contributed by atoms with Crippen molar-refractivity contribution in [2.75, 3.05) is 36.4 Å². The van der Waals surface area contributed by atoms with E-state index in [0.717, 1.165) is 30.0 Å². The molecule has 0 spiro atoms. The van der Waals surface area contributed by atoms with E-state index >= 15 is 0 Å². The number of hydrogen-bond acceptors (Lipinski definition) is 5. The Morgan fingerprint density at radius 2 is 1.57 bits per heavy atom. The average molecular weight is 408 g/mol. The first-order valence-electron chi connectivity index (χ1n) is 10.1. The Kier molecular flexibility index (Phi) is 6.57. The molecule has 0 aliphatic carbocycles. The van der Waals surface area contributed by atoms with E-state index in [1.165, 1.54) is 0 Å². The molecule has 1 aliphatic rings. The first kappa shape index (κ1) is 21.6. The quantitative estimate of drug-likeness (QED) is 0.805. The van der Waals surface area contributed by atoms with Gasteiger partial charge < -0.3 is 15.1 Å². The van der Waals surface area contributed by atoms with Crippen LogP contribution in [0.1, 0.15) is 36.7 Å². The average Bonchev–Trinajstić information content (AvgIpc) is 2.74. The second-order valence-corrected chi connectivity index (χ2v) is 8.37. The van der Waals surface area contributed by atoms with Crippen LogP contribution in [0.5, 0.6) is 0 Å². The first-order valence-corrected chi connectivity index (χ1v) is 10.1. The largest absolute Gasteiger partial charge is 0.369 e. The van der Waals surface area contributed by atoms with E-state index in [1.807, 2.05) is 69.3 Å². The van der Waals surface area contributed by atoms with Crippen molar-refractivity contribution in [3.63, 3.8) is 0 Å². The van der Waals surface area contributed by atoms with Crippen molar-refractivity contribution in [2.45, 2.75) is 20.8 Å². The van der Waals surface area contributed by atoms with Crippen LogP contribution in [0.2, 0.25) is 0 Å². The van der Waals surface area contributed by atoms with E-state index in [0.29, 0.717) is 18.7 Å². The zero-order valence-electron chi connectivity index (χ0n) is 17.9. The van der Waals surface area contributed by atoms with Crippen molar-refractivity contribution in [1.29, 1.82) is 0 Å². The van der Waals surface area contributed by atoms with Gasteiger partial charge in [0.05, 0.1) is 18.5 Å². The van der Waals surface area contributed by atoms with Gasteiger partial charge in [-0.15, -0.1) is 5.06 Å². The predicted octanol–water partition coefficient (Wildman–Crippen LogP) is 4.21. The van der Waals surface area contributed by atoms with E-state index in [-0.39, 0.29) is 11.9 Å². The Morgan fingerprint density at radius 1 is 0.967 bits per heavy atom. The molecule has 0 radical (unpaired) electrons. The highest BCUT2D eigenvalue weighted by Gasteiger charge is 2.27. The summed E-state index contributed by atoms with van der Waals surface area (Å²) >= 11 is 0. The zero-order valence-corrected chi connectivity index (χ0v) is 17.9. The topological polar surface area (TPSA) is 61.9 Å². The van der Waals surface area contributed by atoms with Crippen LogP contribution in [0.25, 0.3) is 6.08 Å². The number of hydroxylamine groups is 2. The van der Waals surface area contributed by atoms with E-state index < -0.39 is 5.41 Å². The summed E-state index contributed by atoms with van der Waals surface area (Å²) in [6.07, 6.45) is 1.76. The Morgan fingerprint density at radius 3 is 2.10 bits per heavy atom. The molecular formula is C24H29N3O3. The number of rotatable bonds is 5. The number of amides is 1. The third-order valence-corrected chi connectivity index (χ3v) is 4.96. The lowest BCUT2D eigenvalue weighted by Gasteiger charge is -2.35. The fraction of sp³-hybridized carbons (Fsp3) is 0.333. The van der Waals surface area contributed by atoms with Gasteiger partial charge in [-0.3, -0.25) is 4.79 Å². The maximum Gasteiger partial charge on any atom is 0.330 e. The summed E-state index contributed by atoms with van der Waals surface area (Å²) in [5.74, 6) is -0.364. The number of carbonyl (C=O) groups excluding carboxylic acids is 2. The zero-order chi connectivity index (χ0) is 21.7. The molecule has 1 heterocycles. The fourth-order valence-corrected chi connectivity index (χ4v) is 3.02. The maximum atomic E-state index is 12.5. The molecule has 1 amide bonds. The summed E-state index contributed by atoms with van der Waals surface area (Å²) in [5.41, 5.74) is 2.88. The summed E-state index contributed by atoms with van der Waals surface area (Å²) < 4.78 is 0. The molecule has 0 unspecified atom stereocenters. The molecule has 6 heteroatoms. The molecule has 30 heavy (non-hydrogen) atoms. The number of carbonyl (C=O) groups is 2. The molecule has 6 nitrogen and oxygen atoms in total. The highest BCUT2D eigenvalue weighted by Crippen LogP contribution is 2.21. The summed E-state index contributed by atoms with van der Waals surface area (Å²) in [4.78, 5) is 32.2. The molecule has 2 aromatic rings. The molecule has 1 saturated heterocycles.